The van der Waals surface area contributed by atoms with Gasteiger partial charge in [0.15, 0.2) is 0 Å². The molecule has 0 spiro atoms. The molecule has 0 unspecified atom stereocenters. The molecule has 0 radical (unpaired) electrons. The molecule has 6 heteroatoms. The van der Waals surface area contributed by atoms with Gasteiger partial charge in [0.1, 0.15) is 0 Å². The average molecular weight is 255 g/mol. The first kappa shape index (κ1) is 12.8. The van der Waals surface area contributed by atoms with E-state index < -0.39 is 0 Å². The number of aromatic nitrogens is 4. The fourth-order valence-corrected chi connectivity index (χ4v) is 2.98. The van der Waals surface area contributed by atoms with E-state index in [1.807, 2.05) is 7.05 Å². The molecule has 1 aliphatic carbocycles. The lowest BCUT2D eigenvalue weighted by Crippen LogP contribution is -2.31. The number of hydrogen-bond acceptors (Lipinski definition) is 5. The van der Waals surface area contributed by atoms with Crippen LogP contribution in [0.25, 0.3) is 0 Å². The summed E-state index contributed by atoms with van der Waals surface area (Å²) in [5.41, 5.74) is 0. The van der Waals surface area contributed by atoms with Crippen LogP contribution in [0.1, 0.15) is 38.5 Å². The SMILES string of the molecule is Cn1nnnc1SCCCNC1CCCCC1. The molecule has 0 amide bonds. The van der Waals surface area contributed by atoms with Crippen LogP contribution in [0.3, 0.4) is 0 Å². The molecule has 0 aromatic carbocycles. The lowest BCUT2D eigenvalue weighted by molar-refractivity contribution is 0.375. The lowest BCUT2D eigenvalue weighted by Gasteiger charge is -2.22. The summed E-state index contributed by atoms with van der Waals surface area (Å²) in [7, 11) is 1.88. The Bertz CT molecular complexity index is 321. The molecule has 0 atom stereocenters. The first-order valence-electron chi connectivity index (χ1n) is 6.45. The molecule has 1 N–H and O–H groups in total. The number of hydrogen-bond donors (Lipinski definition) is 1. The van der Waals surface area contributed by atoms with Gasteiger partial charge < -0.3 is 5.32 Å². The van der Waals surface area contributed by atoms with Crippen LogP contribution in [0.2, 0.25) is 0 Å². The summed E-state index contributed by atoms with van der Waals surface area (Å²) >= 11 is 1.73. The summed E-state index contributed by atoms with van der Waals surface area (Å²) in [5.74, 6) is 1.08. The van der Waals surface area contributed by atoms with E-state index in [1.54, 1.807) is 16.4 Å². The summed E-state index contributed by atoms with van der Waals surface area (Å²) in [6.45, 7) is 1.11. The normalized spacial score (nSPS) is 17.5. The van der Waals surface area contributed by atoms with E-state index in [2.05, 4.69) is 20.8 Å². The second kappa shape index (κ2) is 6.96. The molecule has 1 aromatic rings. The van der Waals surface area contributed by atoms with E-state index in [1.165, 1.54) is 38.5 Å². The van der Waals surface area contributed by atoms with Gasteiger partial charge in [0.05, 0.1) is 0 Å². The van der Waals surface area contributed by atoms with Crippen LogP contribution in [0.15, 0.2) is 5.16 Å². The fourth-order valence-electron chi connectivity index (χ4n) is 2.19. The Kier molecular flexibility index (Phi) is 5.25. The highest BCUT2D eigenvalue weighted by Crippen LogP contribution is 2.17. The predicted molar refractivity (Wildman–Crippen MR) is 69.0 cm³/mol. The van der Waals surface area contributed by atoms with Gasteiger partial charge >= 0.3 is 0 Å². The van der Waals surface area contributed by atoms with Crippen LogP contribution < -0.4 is 5.32 Å². The van der Waals surface area contributed by atoms with E-state index in [9.17, 15) is 0 Å². The number of aryl methyl sites for hydroxylation is 1. The lowest BCUT2D eigenvalue weighted by atomic mass is 9.95. The standard InChI is InChI=1S/C11H21N5S/c1-16-11(13-14-15-16)17-9-5-8-12-10-6-3-2-4-7-10/h10,12H,2-9H2,1H3. The minimum absolute atomic E-state index is 0.769. The molecule has 1 saturated carbocycles. The number of nitrogens with zero attached hydrogens (tertiary/aromatic N) is 4. The van der Waals surface area contributed by atoms with E-state index in [-0.39, 0.29) is 0 Å². The van der Waals surface area contributed by atoms with Gasteiger partial charge in [0.25, 0.3) is 0 Å². The third kappa shape index (κ3) is 4.27. The van der Waals surface area contributed by atoms with Crippen molar-refractivity contribution >= 4 is 11.8 Å². The van der Waals surface area contributed by atoms with Crippen molar-refractivity contribution in [3.05, 3.63) is 0 Å². The van der Waals surface area contributed by atoms with Crippen molar-refractivity contribution in [1.82, 2.24) is 25.5 Å². The molecule has 1 heterocycles. The van der Waals surface area contributed by atoms with Gasteiger partial charge in [-0.25, -0.2) is 4.68 Å². The predicted octanol–water partition coefficient (Wildman–Crippen LogP) is 1.61. The second-order valence-electron chi connectivity index (χ2n) is 4.58. The third-order valence-electron chi connectivity index (χ3n) is 3.17. The van der Waals surface area contributed by atoms with Gasteiger partial charge in [-0.1, -0.05) is 31.0 Å². The Morgan fingerprint density at radius 1 is 1.35 bits per heavy atom. The molecule has 0 saturated heterocycles. The Labute approximate surface area is 107 Å². The van der Waals surface area contributed by atoms with Gasteiger partial charge in [-0.05, 0) is 36.2 Å². The maximum Gasteiger partial charge on any atom is 0.209 e. The van der Waals surface area contributed by atoms with Gasteiger partial charge in [0, 0.05) is 18.8 Å². The van der Waals surface area contributed by atoms with Crippen molar-refractivity contribution in [2.75, 3.05) is 12.3 Å². The molecular weight excluding hydrogens is 234 g/mol. The third-order valence-corrected chi connectivity index (χ3v) is 4.27. The fraction of sp³-hybridized carbons (Fsp3) is 0.909. The zero-order valence-corrected chi connectivity index (χ0v) is 11.2. The van der Waals surface area contributed by atoms with Crippen molar-refractivity contribution in [3.63, 3.8) is 0 Å². The molecule has 1 aliphatic rings. The molecule has 17 heavy (non-hydrogen) atoms. The maximum absolute atomic E-state index is 3.95. The molecule has 0 aliphatic heterocycles. The molecule has 1 aromatic heterocycles. The summed E-state index contributed by atoms with van der Waals surface area (Å²) in [6, 6.07) is 0.769. The van der Waals surface area contributed by atoms with E-state index >= 15 is 0 Å². The van der Waals surface area contributed by atoms with Crippen LogP contribution in [-0.2, 0) is 7.05 Å². The smallest absolute Gasteiger partial charge is 0.209 e. The minimum Gasteiger partial charge on any atom is -0.314 e. The first-order valence-corrected chi connectivity index (χ1v) is 7.43. The summed E-state index contributed by atoms with van der Waals surface area (Å²) in [5, 5.41) is 15.9. The van der Waals surface area contributed by atoms with Gasteiger partial charge in [-0.2, -0.15) is 0 Å². The zero-order chi connectivity index (χ0) is 11.9. The highest BCUT2D eigenvalue weighted by Gasteiger charge is 2.11. The van der Waals surface area contributed by atoms with Crippen LogP contribution in [0, 0.1) is 0 Å². The Balaban J connectivity index is 1.53. The molecule has 96 valence electrons. The summed E-state index contributed by atoms with van der Waals surface area (Å²) in [4.78, 5) is 0. The Morgan fingerprint density at radius 2 is 2.18 bits per heavy atom. The second-order valence-corrected chi connectivity index (χ2v) is 5.64. The number of thioether (sulfide) groups is 1. The average Bonchev–Trinajstić information content (AvgIpc) is 2.76. The summed E-state index contributed by atoms with van der Waals surface area (Å²) in [6.07, 6.45) is 8.12. The highest BCUT2D eigenvalue weighted by atomic mass is 32.2. The van der Waals surface area contributed by atoms with E-state index in [0.29, 0.717) is 0 Å². The topological polar surface area (TPSA) is 55.6 Å². The van der Waals surface area contributed by atoms with Crippen LogP contribution >= 0.6 is 11.8 Å². The Morgan fingerprint density at radius 3 is 2.88 bits per heavy atom. The van der Waals surface area contributed by atoms with Crippen molar-refractivity contribution < 1.29 is 0 Å². The monoisotopic (exact) mass is 255 g/mol. The first-order chi connectivity index (χ1) is 8.36. The maximum atomic E-state index is 3.95. The number of rotatable bonds is 6. The van der Waals surface area contributed by atoms with Crippen molar-refractivity contribution in [1.29, 1.82) is 0 Å². The quantitative estimate of drug-likeness (QED) is 0.618. The van der Waals surface area contributed by atoms with E-state index in [0.717, 1.165) is 23.5 Å². The minimum atomic E-state index is 0.769. The molecule has 2 rings (SSSR count). The van der Waals surface area contributed by atoms with Crippen LogP contribution in [0.5, 0.6) is 0 Å². The number of tetrazole rings is 1. The van der Waals surface area contributed by atoms with Gasteiger partial charge in [0.2, 0.25) is 5.16 Å². The highest BCUT2D eigenvalue weighted by molar-refractivity contribution is 7.99. The largest absolute Gasteiger partial charge is 0.314 e. The van der Waals surface area contributed by atoms with Crippen molar-refractivity contribution in [3.8, 4) is 0 Å². The van der Waals surface area contributed by atoms with Crippen LogP contribution in [-0.4, -0.2) is 38.5 Å². The summed E-state index contributed by atoms with van der Waals surface area (Å²) < 4.78 is 1.72. The number of nitrogens with one attached hydrogen (secondary N) is 1. The zero-order valence-electron chi connectivity index (χ0n) is 10.4. The molecule has 5 nitrogen and oxygen atoms in total. The van der Waals surface area contributed by atoms with Crippen molar-refractivity contribution in [2.24, 2.45) is 7.05 Å². The van der Waals surface area contributed by atoms with Gasteiger partial charge in [-0.3, -0.25) is 0 Å². The van der Waals surface area contributed by atoms with Crippen molar-refractivity contribution in [2.45, 2.75) is 49.7 Å². The molecular formula is C11H21N5S. The van der Waals surface area contributed by atoms with E-state index in [4.69, 9.17) is 0 Å². The molecule has 0 bridgehead atoms. The molecule has 1 fully saturated rings. The Hall–Kier alpha value is -0.620. The van der Waals surface area contributed by atoms with Crippen LogP contribution in [0.4, 0.5) is 0 Å². The van der Waals surface area contributed by atoms with Gasteiger partial charge in [-0.15, -0.1) is 5.10 Å².